The lowest BCUT2D eigenvalue weighted by Gasteiger charge is -2.06. The second kappa shape index (κ2) is 7.94. The second-order valence-electron chi connectivity index (χ2n) is 5.77. The monoisotopic (exact) mass is 351 g/mol. The topological polar surface area (TPSA) is 46.9 Å². The Kier molecular flexibility index (Phi) is 5.46. The number of hydrogen-bond donors (Lipinski definition) is 1. The number of aromatic nitrogens is 2. The SMILES string of the molecule is Cc1nn(CCNC(=O)/C=C/c2cccs2)c(C)c1-c1ccccc1. The fourth-order valence-electron chi connectivity index (χ4n) is 2.83. The molecule has 128 valence electrons. The number of nitrogens with one attached hydrogen (secondary N) is 1. The first kappa shape index (κ1) is 17.2. The Morgan fingerprint density at radius 1 is 1.20 bits per heavy atom. The summed E-state index contributed by atoms with van der Waals surface area (Å²) in [4.78, 5) is 13.0. The first-order valence-corrected chi connectivity index (χ1v) is 9.12. The molecule has 0 aliphatic heterocycles. The van der Waals surface area contributed by atoms with Crippen molar-refractivity contribution < 1.29 is 4.79 Å². The van der Waals surface area contributed by atoms with Gasteiger partial charge < -0.3 is 5.32 Å². The lowest BCUT2D eigenvalue weighted by atomic mass is 10.0. The average molecular weight is 351 g/mol. The van der Waals surface area contributed by atoms with Crippen molar-refractivity contribution in [2.24, 2.45) is 0 Å². The molecular weight excluding hydrogens is 330 g/mol. The lowest BCUT2D eigenvalue weighted by Crippen LogP contribution is -2.26. The van der Waals surface area contributed by atoms with E-state index in [0.717, 1.165) is 16.3 Å². The molecule has 0 fully saturated rings. The van der Waals surface area contributed by atoms with Crippen LogP contribution in [0.2, 0.25) is 0 Å². The highest BCUT2D eigenvalue weighted by atomic mass is 32.1. The van der Waals surface area contributed by atoms with Crippen molar-refractivity contribution in [1.29, 1.82) is 0 Å². The maximum atomic E-state index is 11.9. The molecule has 25 heavy (non-hydrogen) atoms. The van der Waals surface area contributed by atoms with Crippen LogP contribution in [0.15, 0.2) is 53.9 Å². The van der Waals surface area contributed by atoms with Crippen LogP contribution in [0.25, 0.3) is 17.2 Å². The van der Waals surface area contributed by atoms with E-state index in [2.05, 4.69) is 29.5 Å². The number of rotatable bonds is 6. The Morgan fingerprint density at radius 2 is 2.00 bits per heavy atom. The highest BCUT2D eigenvalue weighted by Crippen LogP contribution is 2.26. The van der Waals surface area contributed by atoms with Gasteiger partial charge in [0, 0.05) is 28.8 Å². The van der Waals surface area contributed by atoms with Crippen LogP contribution in [-0.4, -0.2) is 22.2 Å². The van der Waals surface area contributed by atoms with Gasteiger partial charge in [-0.3, -0.25) is 9.48 Å². The number of amides is 1. The number of nitrogens with zero attached hydrogens (tertiary/aromatic N) is 2. The normalized spacial score (nSPS) is 11.1. The van der Waals surface area contributed by atoms with Crippen LogP contribution in [-0.2, 0) is 11.3 Å². The summed E-state index contributed by atoms with van der Waals surface area (Å²) in [5, 5.41) is 9.52. The summed E-state index contributed by atoms with van der Waals surface area (Å²) in [5.41, 5.74) is 4.47. The molecule has 0 radical (unpaired) electrons. The van der Waals surface area contributed by atoms with Gasteiger partial charge in [0.25, 0.3) is 0 Å². The Morgan fingerprint density at radius 3 is 2.72 bits per heavy atom. The van der Waals surface area contributed by atoms with Gasteiger partial charge >= 0.3 is 0 Å². The van der Waals surface area contributed by atoms with Crippen molar-refractivity contribution in [3.05, 3.63) is 70.2 Å². The minimum absolute atomic E-state index is 0.0850. The molecule has 2 aromatic heterocycles. The summed E-state index contributed by atoms with van der Waals surface area (Å²) >= 11 is 1.61. The Labute approximate surface area is 151 Å². The Hall–Kier alpha value is -2.66. The van der Waals surface area contributed by atoms with Crippen molar-refractivity contribution in [2.75, 3.05) is 6.54 Å². The molecule has 3 aromatic rings. The van der Waals surface area contributed by atoms with Gasteiger partial charge in [0.15, 0.2) is 0 Å². The molecule has 5 heteroatoms. The van der Waals surface area contributed by atoms with Crippen molar-refractivity contribution in [2.45, 2.75) is 20.4 Å². The van der Waals surface area contributed by atoms with E-state index in [1.54, 1.807) is 17.4 Å². The number of benzene rings is 1. The predicted molar refractivity (Wildman–Crippen MR) is 103 cm³/mol. The van der Waals surface area contributed by atoms with Gasteiger partial charge in [-0.1, -0.05) is 36.4 Å². The van der Waals surface area contributed by atoms with Gasteiger partial charge in [-0.05, 0) is 36.9 Å². The van der Waals surface area contributed by atoms with Crippen molar-refractivity contribution >= 4 is 23.3 Å². The van der Waals surface area contributed by atoms with Crippen LogP contribution >= 0.6 is 11.3 Å². The van der Waals surface area contributed by atoms with Gasteiger partial charge in [-0.25, -0.2) is 0 Å². The number of aryl methyl sites for hydroxylation is 1. The zero-order valence-electron chi connectivity index (χ0n) is 14.4. The number of hydrogen-bond acceptors (Lipinski definition) is 3. The van der Waals surface area contributed by atoms with E-state index in [1.165, 1.54) is 11.1 Å². The quantitative estimate of drug-likeness (QED) is 0.681. The fraction of sp³-hybridized carbons (Fsp3) is 0.200. The summed E-state index contributed by atoms with van der Waals surface area (Å²) in [5.74, 6) is -0.0850. The molecule has 0 bridgehead atoms. The van der Waals surface area contributed by atoms with Crippen LogP contribution in [0, 0.1) is 13.8 Å². The van der Waals surface area contributed by atoms with E-state index >= 15 is 0 Å². The van der Waals surface area contributed by atoms with E-state index in [4.69, 9.17) is 0 Å². The summed E-state index contributed by atoms with van der Waals surface area (Å²) in [7, 11) is 0. The molecular formula is C20H21N3OS. The predicted octanol–water partition coefficient (Wildman–Crippen LogP) is 4.06. The standard InChI is InChI=1S/C20H21N3OS/c1-15-20(17-7-4-3-5-8-17)16(2)23(22-15)13-12-21-19(24)11-10-18-9-6-14-25-18/h3-11,14H,12-13H2,1-2H3,(H,21,24)/b11-10+. The number of carbonyl (C=O) groups is 1. The zero-order chi connectivity index (χ0) is 17.6. The molecule has 0 unspecified atom stereocenters. The molecule has 3 rings (SSSR count). The average Bonchev–Trinajstić information content (AvgIpc) is 3.22. The maximum Gasteiger partial charge on any atom is 0.244 e. The number of thiophene rings is 1. The molecule has 0 spiro atoms. The molecule has 2 heterocycles. The first-order valence-electron chi connectivity index (χ1n) is 8.24. The molecule has 4 nitrogen and oxygen atoms in total. The minimum atomic E-state index is -0.0850. The van der Waals surface area contributed by atoms with Gasteiger partial charge in [0.05, 0.1) is 12.2 Å². The fourth-order valence-corrected chi connectivity index (χ4v) is 3.44. The van der Waals surface area contributed by atoms with Gasteiger partial charge in [-0.15, -0.1) is 11.3 Å². The lowest BCUT2D eigenvalue weighted by molar-refractivity contribution is -0.116. The highest BCUT2D eigenvalue weighted by molar-refractivity contribution is 7.10. The van der Waals surface area contributed by atoms with Gasteiger partial charge in [0.2, 0.25) is 5.91 Å². The van der Waals surface area contributed by atoms with Crippen molar-refractivity contribution in [1.82, 2.24) is 15.1 Å². The smallest absolute Gasteiger partial charge is 0.244 e. The summed E-state index contributed by atoms with van der Waals surface area (Å²) in [6.45, 7) is 5.29. The second-order valence-corrected chi connectivity index (χ2v) is 6.75. The molecule has 1 aromatic carbocycles. The zero-order valence-corrected chi connectivity index (χ0v) is 15.2. The summed E-state index contributed by atoms with van der Waals surface area (Å²) < 4.78 is 1.96. The van der Waals surface area contributed by atoms with E-state index in [9.17, 15) is 4.79 Å². The third kappa shape index (κ3) is 4.25. The third-order valence-corrected chi connectivity index (χ3v) is 4.85. The van der Waals surface area contributed by atoms with Crippen LogP contribution < -0.4 is 5.32 Å². The van der Waals surface area contributed by atoms with E-state index in [1.807, 2.05) is 53.4 Å². The van der Waals surface area contributed by atoms with Gasteiger partial charge in [0.1, 0.15) is 0 Å². The molecule has 1 N–H and O–H groups in total. The highest BCUT2D eigenvalue weighted by Gasteiger charge is 2.12. The largest absolute Gasteiger partial charge is 0.351 e. The van der Waals surface area contributed by atoms with E-state index in [0.29, 0.717) is 13.1 Å². The molecule has 0 aliphatic carbocycles. The van der Waals surface area contributed by atoms with Crippen LogP contribution in [0.3, 0.4) is 0 Å². The summed E-state index contributed by atoms with van der Waals surface area (Å²) in [6.07, 6.45) is 3.40. The Balaban J connectivity index is 1.60. The maximum absolute atomic E-state index is 11.9. The minimum Gasteiger partial charge on any atom is -0.351 e. The van der Waals surface area contributed by atoms with Crippen molar-refractivity contribution in [3.63, 3.8) is 0 Å². The van der Waals surface area contributed by atoms with Crippen LogP contribution in [0.5, 0.6) is 0 Å². The molecule has 0 saturated heterocycles. The van der Waals surface area contributed by atoms with Crippen LogP contribution in [0.1, 0.15) is 16.3 Å². The third-order valence-electron chi connectivity index (χ3n) is 4.01. The van der Waals surface area contributed by atoms with Crippen LogP contribution in [0.4, 0.5) is 0 Å². The molecule has 0 saturated carbocycles. The molecule has 1 amide bonds. The first-order chi connectivity index (χ1) is 12.1. The summed E-state index contributed by atoms with van der Waals surface area (Å²) in [6, 6.07) is 14.2. The van der Waals surface area contributed by atoms with Crippen molar-refractivity contribution in [3.8, 4) is 11.1 Å². The number of carbonyl (C=O) groups excluding carboxylic acids is 1. The molecule has 0 atom stereocenters. The Bertz CT molecular complexity index is 864. The van der Waals surface area contributed by atoms with E-state index < -0.39 is 0 Å². The van der Waals surface area contributed by atoms with E-state index in [-0.39, 0.29) is 5.91 Å². The molecule has 0 aliphatic rings. The van der Waals surface area contributed by atoms with Gasteiger partial charge in [-0.2, -0.15) is 5.10 Å².